The lowest BCUT2D eigenvalue weighted by Crippen LogP contribution is -2.40. The molecule has 0 aromatic heterocycles. The molecule has 0 amide bonds. The van der Waals surface area contributed by atoms with Crippen LogP contribution in [0.15, 0.2) is 23.5 Å². The summed E-state index contributed by atoms with van der Waals surface area (Å²) in [6, 6.07) is 0. The molecule has 0 aromatic rings. The van der Waals surface area contributed by atoms with Crippen LogP contribution in [0.1, 0.15) is 46.5 Å². The molecule has 4 heteroatoms. The van der Waals surface area contributed by atoms with Gasteiger partial charge < -0.3 is 9.16 Å². The average molecular weight is 325 g/mol. The Morgan fingerprint density at radius 3 is 2.59 bits per heavy atom. The summed E-state index contributed by atoms with van der Waals surface area (Å²) < 4.78 is 11.8. The molecule has 22 heavy (non-hydrogen) atoms. The van der Waals surface area contributed by atoms with E-state index in [1.54, 1.807) is 6.08 Å². The van der Waals surface area contributed by atoms with E-state index in [9.17, 15) is 4.79 Å². The van der Waals surface area contributed by atoms with Crippen LogP contribution in [0.2, 0.25) is 19.6 Å². The maximum atomic E-state index is 12.5. The maximum absolute atomic E-state index is 12.5. The molecule has 0 saturated heterocycles. The minimum atomic E-state index is -1.67. The van der Waals surface area contributed by atoms with Gasteiger partial charge in [0.05, 0.1) is 18.5 Å². The van der Waals surface area contributed by atoms with Crippen molar-refractivity contribution in [1.29, 1.82) is 0 Å². The van der Waals surface area contributed by atoms with Crippen LogP contribution in [0.4, 0.5) is 0 Å². The van der Waals surface area contributed by atoms with Crippen molar-refractivity contribution in [2.24, 2.45) is 5.92 Å². The van der Waals surface area contributed by atoms with Crippen LogP contribution in [-0.2, 0) is 14.0 Å². The zero-order valence-corrected chi connectivity index (χ0v) is 16.1. The molecule has 2 unspecified atom stereocenters. The first kappa shape index (κ1) is 19.2. The molecule has 0 aromatic carbocycles. The van der Waals surface area contributed by atoms with E-state index >= 15 is 0 Å². The highest BCUT2D eigenvalue weighted by molar-refractivity contribution is 6.69. The van der Waals surface area contributed by atoms with Gasteiger partial charge in [0.25, 0.3) is 0 Å². The predicted molar refractivity (Wildman–Crippen MR) is 94.3 cm³/mol. The lowest BCUT2D eigenvalue weighted by atomic mass is 9.85. The van der Waals surface area contributed by atoms with Gasteiger partial charge in [-0.2, -0.15) is 0 Å². The Bertz CT molecular complexity index is 428. The second kappa shape index (κ2) is 8.68. The van der Waals surface area contributed by atoms with Gasteiger partial charge >= 0.3 is 0 Å². The molecule has 0 spiro atoms. The fraction of sp³-hybridized carbons (Fsp3) is 0.722. The molecule has 0 N–H and O–H groups in total. The van der Waals surface area contributed by atoms with Gasteiger partial charge in [-0.25, -0.2) is 0 Å². The summed E-state index contributed by atoms with van der Waals surface area (Å²) >= 11 is 0. The van der Waals surface area contributed by atoms with Gasteiger partial charge in [0.15, 0.2) is 14.1 Å². The average Bonchev–Trinajstić information content (AvgIpc) is 2.36. The lowest BCUT2D eigenvalue weighted by molar-refractivity contribution is -0.122. The Kier molecular flexibility index (Phi) is 7.56. The highest BCUT2D eigenvalue weighted by Crippen LogP contribution is 2.30. The first-order chi connectivity index (χ1) is 10.2. The number of ether oxygens (including phenoxy) is 1. The molecule has 0 fully saturated rings. The summed E-state index contributed by atoms with van der Waals surface area (Å²) in [4.78, 5) is 12.5. The molecule has 1 rings (SSSR count). The van der Waals surface area contributed by atoms with E-state index in [4.69, 9.17) is 9.16 Å². The molecule has 126 valence electrons. The smallest absolute Gasteiger partial charge is 0.184 e. The van der Waals surface area contributed by atoms with E-state index in [0.717, 1.165) is 31.4 Å². The minimum Gasteiger partial charge on any atom is -0.498 e. The van der Waals surface area contributed by atoms with E-state index in [1.165, 1.54) is 5.57 Å². The summed E-state index contributed by atoms with van der Waals surface area (Å²) in [7, 11) is -1.67. The van der Waals surface area contributed by atoms with E-state index in [1.807, 2.05) is 6.92 Å². The van der Waals surface area contributed by atoms with Crippen LogP contribution >= 0.6 is 0 Å². The molecule has 0 saturated carbocycles. The second-order valence-electron chi connectivity index (χ2n) is 7.22. The van der Waals surface area contributed by atoms with Crippen molar-refractivity contribution in [1.82, 2.24) is 0 Å². The Hall–Kier alpha value is -0.873. The third-order valence-corrected chi connectivity index (χ3v) is 4.67. The molecule has 0 radical (unpaired) electrons. The van der Waals surface area contributed by atoms with E-state index in [0.29, 0.717) is 6.61 Å². The predicted octanol–water partition coefficient (Wildman–Crippen LogP) is 4.85. The van der Waals surface area contributed by atoms with E-state index in [2.05, 4.69) is 39.6 Å². The van der Waals surface area contributed by atoms with Gasteiger partial charge in [0.2, 0.25) is 0 Å². The van der Waals surface area contributed by atoms with Gasteiger partial charge in [-0.05, 0) is 59.7 Å². The van der Waals surface area contributed by atoms with Crippen LogP contribution in [0.25, 0.3) is 0 Å². The molecule has 2 atom stereocenters. The Labute approximate surface area is 136 Å². The SMILES string of the molecule is CCOC1=CC(=O)C(C(CCC=C(C)C)O[Si](C)(C)C)CC1. The van der Waals surface area contributed by atoms with Crippen LogP contribution in [0, 0.1) is 5.92 Å². The Balaban J connectivity index is 2.78. The number of carbonyl (C=O) groups is 1. The monoisotopic (exact) mass is 324 g/mol. The summed E-state index contributed by atoms with van der Waals surface area (Å²) in [5, 5.41) is 0. The highest BCUT2D eigenvalue weighted by atomic mass is 28.4. The molecule has 0 heterocycles. The van der Waals surface area contributed by atoms with Crippen LogP contribution in [0.5, 0.6) is 0 Å². The number of rotatable bonds is 8. The number of ketones is 1. The van der Waals surface area contributed by atoms with Crippen LogP contribution < -0.4 is 0 Å². The van der Waals surface area contributed by atoms with Crippen molar-refractivity contribution in [2.45, 2.75) is 72.2 Å². The second-order valence-corrected chi connectivity index (χ2v) is 11.7. The summed E-state index contributed by atoms with van der Waals surface area (Å²) in [5.74, 6) is 0.997. The fourth-order valence-electron chi connectivity index (χ4n) is 2.78. The van der Waals surface area contributed by atoms with Crippen molar-refractivity contribution in [3.8, 4) is 0 Å². The standard InChI is InChI=1S/C18H32O3Si/c1-7-20-15-11-12-16(17(19)13-15)18(21-22(4,5)6)10-8-9-14(2)3/h9,13,16,18H,7-8,10-12H2,1-6H3. The highest BCUT2D eigenvalue weighted by Gasteiger charge is 2.33. The normalized spacial score (nSPS) is 20.4. The van der Waals surface area contributed by atoms with Gasteiger partial charge in [0, 0.05) is 18.4 Å². The van der Waals surface area contributed by atoms with Crippen LogP contribution in [-0.4, -0.2) is 26.8 Å². The quantitative estimate of drug-likeness (QED) is 0.473. The third kappa shape index (κ3) is 6.92. The molecule has 1 aliphatic rings. The summed E-state index contributed by atoms with van der Waals surface area (Å²) in [6.07, 6.45) is 7.54. The van der Waals surface area contributed by atoms with Gasteiger partial charge in [-0.15, -0.1) is 0 Å². The van der Waals surface area contributed by atoms with Gasteiger partial charge in [-0.3, -0.25) is 4.79 Å². The fourth-order valence-corrected chi connectivity index (χ4v) is 3.97. The molecule has 0 aliphatic heterocycles. The first-order valence-electron chi connectivity index (χ1n) is 8.41. The molecule has 1 aliphatic carbocycles. The van der Waals surface area contributed by atoms with E-state index < -0.39 is 8.32 Å². The van der Waals surface area contributed by atoms with Crippen molar-refractivity contribution >= 4 is 14.1 Å². The topological polar surface area (TPSA) is 35.5 Å². The van der Waals surface area contributed by atoms with Crippen molar-refractivity contribution in [2.75, 3.05) is 6.61 Å². The van der Waals surface area contributed by atoms with Crippen molar-refractivity contribution < 1.29 is 14.0 Å². The lowest BCUT2D eigenvalue weighted by Gasteiger charge is -2.33. The molecule has 3 nitrogen and oxygen atoms in total. The van der Waals surface area contributed by atoms with Gasteiger partial charge in [0.1, 0.15) is 0 Å². The number of carbonyl (C=O) groups excluding carboxylic acids is 1. The number of hydrogen-bond acceptors (Lipinski definition) is 3. The number of allylic oxidation sites excluding steroid dienone is 4. The summed E-state index contributed by atoms with van der Waals surface area (Å²) in [6.45, 7) is 13.4. The Morgan fingerprint density at radius 2 is 2.09 bits per heavy atom. The zero-order valence-electron chi connectivity index (χ0n) is 15.1. The molecular weight excluding hydrogens is 292 g/mol. The first-order valence-corrected chi connectivity index (χ1v) is 11.8. The van der Waals surface area contributed by atoms with Crippen molar-refractivity contribution in [3.05, 3.63) is 23.5 Å². The minimum absolute atomic E-state index is 0.0125. The largest absolute Gasteiger partial charge is 0.498 e. The zero-order chi connectivity index (χ0) is 16.8. The maximum Gasteiger partial charge on any atom is 0.184 e. The van der Waals surface area contributed by atoms with Crippen LogP contribution in [0.3, 0.4) is 0 Å². The summed E-state index contributed by atoms with van der Waals surface area (Å²) in [5.41, 5.74) is 1.32. The molecular formula is C18H32O3Si. The van der Waals surface area contributed by atoms with E-state index in [-0.39, 0.29) is 17.8 Å². The Morgan fingerprint density at radius 1 is 1.41 bits per heavy atom. The third-order valence-electron chi connectivity index (χ3n) is 3.66. The number of hydrogen-bond donors (Lipinski definition) is 0. The molecule has 0 bridgehead atoms. The van der Waals surface area contributed by atoms with Gasteiger partial charge in [-0.1, -0.05) is 11.6 Å². The van der Waals surface area contributed by atoms with Crippen molar-refractivity contribution in [3.63, 3.8) is 0 Å².